The standard InChI is InChI=1S/C12H16ClN3O.ClH/c1-2-3-4-11(14)16-12(17)15-10-7-5-9(13)6-8-10;/h5-8H,2-4H2,1H3,(H3,14,15,16,17);1H. The fourth-order valence-corrected chi connectivity index (χ4v) is 1.37. The predicted molar refractivity (Wildman–Crippen MR) is 78.1 cm³/mol. The summed E-state index contributed by atoms with van der Waals surface area (Å²) in [7, 11) is 0. The van der Waals surface area contributed by atoms with Crippen molar-refractivity contribution >= 4 is 41.6 Å². The smallest absolute Gasteiger partial charge is 0.308 e. The number of halogens is 2. The lowest BCUT2D eigenvalue weighted by Crippen LogP contribution is -2.33. The van der Waals surface area contributed by atoms with E-state index in [1.54, 1.807) is 24.3 Å². The topological polar surface area (TPSA) is 65.0 Å². The molecule has 0 aliphatic heterocycles. The van der Waals surface area contributed by atoms with Crippen molar-refractivity contribution < 1.29 is 4.79 Å². The van der Waals surface area contributed by atoms with Gasteiger partial charge in [-0.05, 0) is 30.7 Å². The zero-order valence-corrected chi connectivity index (χ0v) is 11.7. The Bertz CT molecular complexity index is 393. The van der Waals surface area contributed by atoms with E-state index >= 15 is 0 Å². The lowest BCUT2D eigenvalue weighted by atomic mass is 10.2. The molecule has 0 spiro atoms. The number of unbranched alkanes of at least 4 members (excludes halogenated alkanes) is 1. The van der Waals surface area contributed by atoms with Crippen LogP contribution in [0.2, 0.25) is 5.02 Å². The van der Waals surface area contributed by atoms with Crippen molar-refractivity contribution in [3.8, 4) is 0 Å². The number of benzene rings is 1. The maximum absolute atomic E-state index is 11.5. The van der Waals surface area contributed by atoms with Gasteiger partial charge in [0.15, 0.2) is 0 Å². The molecule has 0 saturated heterocycles. The molecule has 0 atom stereocenters. The van der Waals surface area contributed by atoms with Gasteiger partial charge in [0.25, 0.3) is 0 Å². The Morgan fingerprint density at radius 1 is 1.33 bits per heavy atom. The van der Waals surface area contributed by atoms with E-state index in [-0.39, 0.29) is 18.2 Å². The molecule has 4 nitrogen and oxygen atoms in total. The highest BCUT2D eigenvalue weighted by molar-refractivity contribution is 6.30. The Hall–Kier alpha value is -1.26. The lowest BCUT2D eigenvalue weighted by molar-refractivity contribution is 0.256. The summed E-state index contributed by atoms with van der Waals surface area (Å²) in [6.07, 6.45) is 2.49. The zero-order chi connectivity index (χ0) is 12.7. The number of hydrogen-bond donors (Lipinski definition) is 3. The number of anilines is 1. The third kappa shape index (κ3) is 6.47. The molecule has 1 rings (SSSR count). The maximum Gasteiger partial charge on any atom is 0.324 e. The summed E-state index contributed by atoms with van der Waals surface area (Å²) in [6.45, 7) is 2.04. The van der Waals surface area contributed by atoms with E-state index in [0.29, 0.717) is 17.1 Å². The summed E-state index contributed by atoms with van der Waals surface area (Å²) < 4.78 is 0. The first-order chi connectivity index (χ1) is 8.11. The molecular formula is C12H17Cl2N3O. The van der Waals surface area contributed by atoms with E-state index in [1.807, 2.05) is 6.92 Å². The van der Waals surface area contributed by atoms with Crippen LogP contribution < -0.4 is 10.6 Å². The molecule has 1 aromatic rings. The summed E-state index contributed by atoms with van der Waals surface area (Å²) in [6, 6.07) is 6.40. The average Bonchev–Trinajstić information content (AvgIpc) is 2.29. The van der Waals surface area contributed by atoms with E-state index in [0.717, 1.165) is 12.8 Å². The van der Waals surface area contributed by atoms with E-state index in [1.165, 1.54) is 0 Å². The molecule has 0 aliphatic rings. The van der Waals surface area contributed by atoms with Gasteiger partial charge < -0.3 is 5.32 Å². The third-order valence-electron chi connectivity index (χ3n) is 2.15. The van der Waals surface area contributed by atoms with Crippen LogP contribution in [0.3, 0.4) is 0 Å². The van der Waals surface area contributed by atoms with Crippen molar-refractivity contribution in [3.05, 3.63) is 29.3 Å². The van der Waals surface area contributed by atoms with Crippen LogP contribution in [0.1, 0.15) is 26.2 Å². The number of hydrogen-bond acceptors (Lipinski definition) is 2. The molecule has 0 aliphatic carbocycles. The Morgan fingerprint density at radius 2 is 1.94 bits per heavy atom. The molecule has 2 amide bonds. The van der Waals surface area contributed by atoms with Gasteiger partial charge in [-0.2, -0.15) is 0 Å². The van der Waals surface area contributed by atoms with Gasteiger partial charge in [0.1, 0.15) is 5.84 Å². The molecule has 0 unspecified atom stereocenters. The highest BCUT2D eigenvalue weighted by Gasteiger charge is 2.04. The Labute approximate surface area is 118 Å². The Morgan fingerprint density at radius 3 is 2.50 bits per heavy atom. The molecule has 100 valence electrons. The highest BCUT2D eigenvalue weighted by atomic mass is 35.5. The lowest BCUT2D eigenvalue weighted by Gasteiger charge is -2.08. The second-order valence-corrected chi connectivity index (χ2v) is 4.10. The number of carbonyl (C=O) groups excluding carboxylic acids is 1. The van der Waals surface area contributed by atoms with Crippen molar-refractivity contribution in [2.45, 2.75) is 26.2 Å². The molecule has 0 fully saturated rings. The summed E-state index contributed by atoms with van der Waals surface area (Å²) >= 11 is 5.73. The second-order valence-electron chi connectivity index (χ2n) is 3.67. The van der Waals surface area contributed by atoms with Crippen LogP contribution in [-0.2, 0) is 0 Å². The van der Waals surface area contributed by atoms with Crippen molar-refractivity contribution in [1.29, 1.82) is 5.41 Å². The Balaban J connectivity index is 0.00000289. The van der Waals surface area contributed by atoms with Gasteiger partial charge in [-0.3, -0.25) is 10.7 Å². The van der Waals surface area contributed by atoms with Gasteiger partial charge >= 0.3 is 6.03 Å². The van der Waals surface area contributed by atoms with Crippen LogP contribution >= 0.6 is 24.0 Å². The van der Waals surface area contributed by atoms with Gasteiger partial charge in [0.05, 0.1) is 0 Å². The van der Waals surface area contributed by atoms with E-state index in [2.05, 4.69) is 10.6 Å². The van der Waals surface area contributed by atoms with Crippen LogP contribution in [-0.4, -0.2) is 11.9 Å². The molecule has 0 heterocycles. The molecular weight excluding hydrogens is 273 g/mol. The molecule has 0 bridgehead atoms. The Kier molecular flexibility index (Phi) is 8.16. The first kappa shape index (κ1) is 16.7. The zero-order valence-electron chi connectivity index (χ0n) is 10.1. The molecule has 0 radical (unpaired) electrons. The van der Waals surface area contributed by atoms with Crippen molar-refractivity contribution in [1.82, 2.24) is 5.32 Å². The van der Waals surface area contributed by atoms with Crippen LogP contribution in [0.25, 0.3) is 0 Å². The van der Waals surface area contributed by atoms with Gasteiger partial charge in [0.2, 0.25) is 0 Å². The second kappa shape index (κ2) is 8.78. The van der Waals surface area contributed by atoms with Crippen molar-refractivity contribution in [2.24, 2.45) is 0 Å². The molecule has 3 N–H and O–H groups in total. The fourth-order valence-electron chi connectivity index (χ4n) is 1.25. The molecule has 1 aromatic carbocycles. The number of nitrogens with one attached hydrogen (secondary N) is 3. The first-order valence-electron chi connectivity index (χ1n) is 5.53. The largest absolute Gasteiger partial charge is 0.324 e. The van der Waals surface area contributed by atoms with Gasteiger partial charge in [-0.1, -0.05) is 24.9 Å². The number of urea groups is 1. The van der Waals surface area contributed by atoms with Gasteiger partial charge in [-0.25, -0.2) is 4.79 Å². The normalized spacial score (nSPS) is 9.22. The average molecular weight is 290 g/mol. The number of carbonyl (C=O) groups is 1. The minimum Gasteiger partial charge on any atom is -0.308 e. The van der Waals surface area contributed by atoms with Gasteiger partial charge in [0, 0.05) is 17.1 Å². The van der Waals surface area contributed by atoms with Gasteiger partial charge in [-0.15, -0.1) is 12.4 Å². The maximum atomic E-state index is 11.5. The summed E-state index contributed by atoms with van der Waals surface area (Å²) in [4.78, 5) is 11.5. The minimum atomic E-state index is -0.395. The number of amides is 2. The van der Waals surface area contributed by atoms with E-state index in [9.17, 15) is 4.79 Å². The molecule has 0 aromatic heterocycles. The quantitative estimate of drug-likeness (QED) is 0.568. The minimum absolute atomic E-state index is 0. The monoisotopic (exact) mass is 289 g/mol. The fraction of sp³-hybridized carbons (Fsp3) is 0.333. The molecule has 6 heteroatoms. The number of amidine groups is 1. The van der Waals surface area contributed by atoms with Crippen LogP contribution in [0, 0.1) is 5.41 Å². The number of rotatable bonds is 4. The summed E-state index contributed by atoms with van der Waals surface area (Å²) in [5, 5.41) is 13.3. The predicted octanol–water partition coefficient (Wildman–Crippen LogP) is 4.05. The van der Waals surface area contributed by atoms with Crippen molar-refractivity contribution in [2.75, 3.05) is 5.32 Å². The summed E-state index contributed by atoms with van der Waals surface area (Å²) in [5.41, 5.74) is 0.648. The van der Waals surface area contributed by atoms with Crippen LogP contribution in [0.4, 0.5) is 10.5 Å². The summed E-state index contributed by atoms with van der Waals surface area (Å²) in [5.74, 6) is 0.235. The third-order valence-corrected chi connectivity index (χ3v) is 2.40. The van der Waals surface area contributed by atoms with Crippen molar-refractivity contribution in [3.63, 3.8) is 0 Å². The highest BCUT2D eigenvalue weighted by Crippen LogP contribution is 2.13. The SMILES string of the molecule is CCCCC(=N)NC(=O)Nc1ccc(Cl)cc1.Cl. The molecule has 18 heavy (non-hydrogen) atoms. The first-order valence-corrected chi connectivity index (χ1v) is 5.90. The van der Waals surface area contributed by atoms with Crippen LogP contribution in [0.15, 0.2) is 24.3 Å². The van der Waals surface area contributed by atoms with Crippen LogP contribution in [0.5, 0.6) is 0 Å². The van der Waals surface area contributed by atoms with E-state index in [4.69, 9.17) is 17.0 Å². The van der Waals surface area contributed by atoms with E-state index < -0.39 is 6.03 Å². The molecule has 0 saturated carbocycles.